The van der Waals surface area contributed by atoms with Crippen LogP contribution in [0.4, 0.5) is 0 Å². The summed E-state index contributed by atoms with van der Waals surface area (Å²) in [5.41, 5.74) is 0.415. The highest BCUT2D eigenvalue weighted by Crippen LogP contribution is 2.22. The van der Waals surface area contributed by atoms with E-state index >= 15 is 0 Å². The number of hydrogen-bond donors (Lipinski definition) is 5. The second-order valence-electron chi connectivity index (χ2n) is 8.05. The van der Waals surface area contributed by atoms with Gasteiger partial charge in [0.05, 0.1) is 26.4 Å². The van der Waals surface area contributed by atoms with Crippen LogP contribution in [0.25, 0.3) is 0 Å². The Morgan fingerprint density at radius 2 is 1.83 bits per heavy atom. The van der Waals surface area contributed by atoms with E-state index in [9.17, 15) is 34.5 Å². The fraction of sp³-hybridized carbons (Fsp3) is 0.739. The minimum atomic E-state index is -1.40. The topological polar surface area (TPSA) is 190 Å². The van der Waals surface area contributed by atoms with E-state index in [-0.39, 0.29) is 56.3 Å². The van der Waals surface area contributed by atoms with Crippen LogP contribution in [-0.4, -0.2) is 103 Å². The molecule has 36 heavy (non-hydrogen) atoms. The standard InChI is InChI=1S/C20H30N2O11.C3H8/c1-10-12(19(29)33-18(10)28)3-4-14(25)21-5-6-30-7-8-31-20-15(22-11(2)24)17(27)16(26)13(9-23)32-20;1-3-2/h13,15-17,20,23,26-27H,3-9H2,1-2H3,(H,21,25)(H,22,24);3H2,1-2H3/t13-,15-,16+,17-,20-;/m0./s1/i;1D. The average molecular weight is 520 g/mol. The second-order valence-corrected chi connectivity index (χ2v) is 8.05. The van der Waals surface area contributed by atoms with E-state index in [1.807, 2.05) is 6.92 Å². The smallest absolute Gasteiger partial charge is 0.342 e. The molecular formula is C23H38N2O11. The van der Waals surface area contributed by atoms with Crippen molar-refractivity contribution in [1.82, 2.24) is 10.6 Å². The van der Waals surface area contributed by atoms with Crippen molar-refractivity contribution in [1.29, 1.82) is 0 Å². The largest absolute Gasteiger partial charge is 0.394 e. The molecule has 0 bridgehead atoms. The van der Waals surface area contributed by atoms with E-state index in [1.165, 1.54) is 13.8 Å². The van der Waals surface area contributed by atoms with Gasteiger partial charge in [-0.15, -0.1) is 0 Å². The molecule has 5 N–H and O–H groups in total. The van der Waals surface area contributed by atoms with Gasteiger partial charge in [0.25, 0.3) is 0 Å². The third kappa shape index (κ3) is 9.91. The van der Waals surface area contributed by atoms with E-state index in [2.05, 4.69) is 15.4 Å². The van der Waals surface area contributed by atoms with Crippen molar-refractivity contribution in [2.45, 2.75) is 77.6 Å². The van der Waals surface area contributed by atoms with Crippen LogP contribution in [0.3, 0.4) is 0 Å². The van der Waals surface area contributed by atoms with Crippen molar-refractivity contribution < 1.29 is 54.8 Å². The van der Waals surface area contributed by atoms with Gasteiger partial charge in [0.1, 0.15) is 24.4 Å². The van der Waals surface area contributed by atoms with Crippen molar-refractivity contribution in [3.63, 3.8) is 0 Å². The molecule has 2 rings (SSSR count). The van der Waals surface area contributed by atoms with Crippen LogP contribution in [0.15, 0.2) is 11.1 Å². The lowest BCUT2D eigenvalue weighted by molar-refractivity contribution is -0.272. The highest BCUT2D eigenvalue weighted by molar-refractivity contribution is 6.12. The number of carbonyl (C=O) groups is 4. The molecule has 0 aliphatic carbocycles. The summed E-state index contributed by atoms with van der Waals surface area (Å²) in [5.74, 6) is -2.19. The third-order valence-electron chi connectivity index (χ3n) is 5.12. The quantitative estimate of drug-likeness (QED) is 0.117. The summed E-state index contributed by atoms with van der Waals surface area (Å²) in [5, 5.41) is 34.5. The maximum Gasteiger partial charge on any atom is 0.342 e. The molecule has 0 aromatic rings. The summed E-state index contributed by atoms with van der Waals surface area (Å²) < 4.78 is 27.2. The van der Waals surface area contributed by atoms with Gasteiger partial charge in [0, 0.05) is 32.4 Å². The van der Waals surface area contributed by atoms with Gasteiger partial charge in [-0.1, -0.05) is 20.2 Å². The Balaban J connectivity index is 0.00000159. The minimum Gasteiger partial charge on any atom is -0.394 e. The predicted octanol–water partition coefficient (Wildman–Crippen LogP) is -1.32. The van der Waals surface area contributed by atoms with Crippen molar-refractivity contribution in [3.8, 4) is 0 Å². The molecule has 0 radical (unpaired) electrons. The van der Waals surface area contributed by atoms with Crippen molar-refractivity contribution in [2.24, 2.45) is 0 Å². The predicted molar refractivity (Wildman–Crippen MR) is 124 cm³/mol. The number of nitrogens with one attached hydrogen (secondary N) is 2. The Hall–Kier alpha value is -2.42. The van der Waals surface area contributed by atoms with E-state index in [0.29, 0.717) is 6.90 Å². The maximum atomic E-state index is 11.9. The fourth-order valence-corrected chi connectivity index (χ4v) is 3.32. The average Bonchev–Trinajstić information content (AvgIpc) is 3.11. The summed E-state index contributed by atoms with van der Waals surface area (Å²) in [4.78, 5) is 46.0. The van der Waals surface area contributed by atoms with E-state index in [0.717, 1.165) is 6.42 Å². The maximum absolute atomic E-state index is 11.9. The van der Waals surface area contributed by atoms with Gasteiger partial charge in [0.15, 0.2) is 6.29 Å². The summed E-state index contributed by atoms with van der Waals surface area (Å²) in [6, 6.07) is -1.04. The highest BCUT2D eigenvalue weighted by Gasteiger charge is 2.45. The van der Waals surface area contributed by atoms with Crippen LogP contribution in [0, 0.1) is 0 Å². The second kappa shape index (κ2) is 16.3. The molecule has 13 heteroatoms. The number of ether oxygens (including phenoxy) is 4. The number of carbonyl (C=O) groups excluding carboxylic acids is 4. The van der Waals surface area contributed by atoms with Crippen LogP contribution < -0.4 is 10.6 Å². The number of aliphatic hydroxyl groups excluding tert-OH is 3. The lowest BCUT2D eigenvalue weighted by Gasteiger charge is -2.42. The normalized spacial score (nSPS) is 26.1. The van der Waals surface area contributed by atoms with Gasteiger partial charge in [-0.3, -0.25) is 9.59 Å². The lowest BCUT2D eigenvalue weighted by atomic mass is 9.97. The van der Waals surface area contributed by atoms with Gasteiger partial charge < -0.3 is 44.9 Å². The first-order valence-electron chi connectivity index (χ1n) is 12.4. The molecule has 0 aromatic heterocycles. The lowest BCUT2D eigenvalue weighted by Crippen LogP contribution is -2.64. The summed E-state index contributed by atoms with van der Waals surface area (Å²) in [6.07, 6.45) is -3.88. The molecule has 0 saturated carbocycles. The van der Waals surface area contributed by atoms with Crippen molar-refractivity contribution >= 4 is 23.8 Å². The summed E-state index contributed by atoms with van der Waals surface area (Å²) >= 11 is 0. The molecule has 1 fully saturated rings. The van der Waals surface area contributed by atoms with Gasteiger partial charge in [-0.2, -0.15) is 0 Å². The van der Waals surface area contributed by atoms with Gasteiger partial charge >= 0.3 is 11.9 Å². The SMILES string of the molecule is CC(=O)N[C@@H]1[C@@H](OCCOCCNC(=O)CCC2=C(C)C(=O)OC2=O)O[C@@H](CO)[C@@H](O)[C@H]1O.[2H]CCC. The Morgan fingerprint density at radius 3 is 2.39 bits per heavy atom. The first kappa shape index (κ1) is 29.8. The van der Waals surface area contributed by atoms with Crippen LogP contribution in [-0.2, 0) is 38.1 Å². The molecule has 0 unspecified atom stereocenters. The Bertz CT molecular complexity index is 806. The Morgan fingerprint density at radius 1 is 1.14 bits per heavy atom. The number of hydrogen-bond acceptors (Lipinski definition) is 11. The Labute approximate surface area is 211 Å². The molecule has 2 amide bonds. The molecule has 13 nitrogen and oxygen atoms in total. The zero-order chi connectivity index (χ0) is 28.0. The van der Waals surface area contributed by atoms with Crippen LogP contribution >= 0.6 is 0 Å². The van der Waals surface area contributed by atoms with Crippen LogP contribution in [0.1, 0.15) is 48.3 Å². The molecule has 2 heterocycles. The molecule has 206 valence electrons. The van der Waals surface area contributed by atoms with Gasteiger partial charge in [0.2, 0.25) is 11.8 Å². The first-order valence-corrected chi connectivity index (χ1v) is 11.7. The molecule has 5 atom stereocenters. The number of rotatable bonds is 12. The molecule has 1 saturated heterocycles. The summed E-state index contributed by atoms with van der Waals surface area (Å²) in [7, 11) is 0. The first-order chi connectivity index (χ1) is 17.6. The number of esters is 2. The molecule has 0 spiro atoms. The number of aliphatic hydroxyl groups is 3. The van der Waals surface area contributed by atoms with Gasteiger partial charge in [-0.25, -0.2) is 9.59 Å². The fourth-order valence-electron chi connectivity index (χ4n) is 3.32. The zero-order valence-corrected chi connectivity index (χ0v) is 20.9. The van der Waals surface area contributed by atoms with Crippen molar-refractivity contribution in [2.75, 3.05) is 33.0 Å². The van der Waals surface area contributed by atoms with E-state index in [1.54, 1.807) is 0 Å². The molecule has 2 aliphatic rings. The van der Waals surface area contributed by atoms with E-state index in [4.69, 9.17) is 15.6 Å². The zero-order valence-electron chi connectivity index (χ0n) is 21.9. The number of amides is 2. The molecule has 0 aromatic carbocycles. The van der Waals surface area contributed by atoms with Crippen LogP contribution in [0.2, 0.25) is 0 Å². The monoisotopic (exact) mass is 519 g/mol. The van der Waals surface area contributed by atoms with Crippen LogP contribution in [0.5, 0.6) is 0 Å². The Kier molecular flexibility index (Phi) is 13.5. The molecular weight excluding hydrogens is 480 g/mol. The van der Waals surface area contributed by atoms with Gasteiger partial charge in [-0.05, 0) is 13.3 Å². The highest BCUT2D eigenvalue weighted by atomic mass is 16.7. The minimum absolute atomic E-state index is 0.0131. The van der Waals surface area contributed by atoms with Crippen molar-refractivity contribution in [3.05, 3.63) is 11.1 Å². The third-order valence-corrected chi connectivity index (χ3v) is 5.12. The number of cyclic esters (lactones) is 2. The van der Waals surface area contributed by atoms with E-state index < -0.39 is 55.1 Å². The molecule has 2 aliphatic heterocycles. The summed E-state index contributed by atoms with van der Waals surface area (Å²) in [6.45, 7) is 5.21.